The van der Waals surface area contributed by atoms with Crippen molar-refractivity contribution in [1.29, 1.82) is 0 Å². The molecule has 0 unspecified atom stereocenters. The highest BCUT2D eigenvalue weighted by Crippen LogP contribution is 2.50. The van der Waals surface area contributed by atoms with E-state index in [0.29, 0.717) is 11.1 Å². The highest BCUT2D eigenvalue weighted by atomic mass is 28.4. The number of fused-ring (bicyclic) bond motifs is 1. The Morgan fingerprint density at radius 2 is 1.82 bits per heavy atom. The third kappa shape index (κ3) is 2.39. The summed E-state index contributed by atoms with van der Waals surface area (Å²) < 4.78 is 6.62. The Labute approximate surface area is 108 Å². The molecule has 0 spiro atoms. The van der Waals surface area contributed by atoms with Crippen LogP contribution in [0.25, 0.3) is 0 Å². The molecule has 2 fully saturated rings. The molecular formula is C15H28OSi. The summed E-state index contributed by atoms with van der Waals surface area (Å²) in [6.07, 6.45) is 5.68. The predicted molar refractivity (Wildman–Crippen MR) is 76.7 cm³/mol. The third-order valence-corrected chi connectivity index (χ3v) is 9.84. The van der Waals surface area contributed by atoms with Crippen molar-refractivity contribution in [2.45, 2.75) is 70.7 Å². The third-order valence-electron chi connectivity index (χ3n) is 5.33. The van der Waals surface area contributed by atoms with Crippen molar-refractivity contribution in [1.82, 2.24) is 0 Å². The molecule has 2 rings (SSSR count). The lowest BCUT2D eigenvalue weighted by Crippen LogP contribution is -2.44. The largest absolute Gasteiger partial charge is 0.414 e. The summed E-state index contributed by atoms with van der Waals surface area (Å²) in [5, 5.41) is 0.334. The summed E-state index contributed by atoms with van der Waals surface area (Å²) in [6, 6.07) is 0. The van der Waals surface area contributed by atoms with Gasteiger partial charge in [-0.3, -0.25) is 0 Å². The molecule has 98 valence electrons. The SMILES string of the molecule is C=C1CC[C@H]2[C@H](O[Si](C)(C)C(C)(C)C)CC[C@@H]12. The van der Waals surface area contributed by atoms with Crippen LogP contribution in [0.4, 0.5) is 0 Å². The highest BCUT2D eigenvalue weighted by molar-refractivity contribution is 6.74. The van der Waals surface area contributed by atoms with Gasteiger partial charge in [0.1, 0.15) is 0 Å². The minimum absolute atomic E-state index is 0.334. The Kier molecular flexibility index (Phi) is 3.33. The molecule has 0 bridgehead atoms. The van der Waals surface area contributed by atoms with Gasteiger partial charge >= 0.3 is 0 Å². The second-order valence-corrected chi connectivity index (χ2v) is 12.2. The van der Waals surface area contributed by atoms with Gasteiger partial charge in [-0.05, 0) is 55.7 Å². The molecule has 3 atom stereocenters. The van der Waals surface area contributed by atoms with Crippen molar-refractivity contribution in [3.63, 3.8) is 0 Å². The molecule has 0 radical (unpaired) electrons. The summed E-state index contributed by atoms with van der Waals surface area (Å²) in [7, 11) is -1.58. The van der Waals surface area contributed by atoms with Gasteiger partial charge in [-0.1, -0.05) is 32.9 Å². The van der Waals surface area contributed by atoms with Crippen LogP contribution in [0.5, 0.6) is 0 Å². The second kappa shape index (κ2) is 4.24. The van der Waals surface area contributed by atoms with Crippen molar-refractivity contribution in [3.05, 3.63) is 12.2 Å². The van der Waals surface area contributed by atoms with E-state index in [4.69, 9.17) is 4.43 Å². The van der Waals surface area contributed by atoms with Gasteiger partial charge in [0, 0.05) is 6.10 Å². The molecule has 2 saturated carbocycles. The van der Waals surface area contributed by atoms with Gasteiger partial charge in [0.15, 0.2) is 8.32 Å². The van der Waals surface area contributed by atoms with Crippen molar-refractivity contribution in [2.75, 3.05) is 0 Å². The van der Waals surface area contributed by atoms with Crippen molar-refractivity contribution in [3.8, 4) is 0 Å². The Morgan fingerprint density at radius 1 is 1.18 bits per heavy atom. The number of hydrogen-bond acceptors (Lipinski definition) is 1. The summed E-state index contributed by atoms with van der Waals surface area (Å²) in [4.78, 5) is 0. The van der Waals surface area contributed by atoms with Crippen LogP contribution in [0.1, 0.15) is 46.5 Å². The lowest BCUT2D eigenvalue weighted by atomic mass is 9.97. The van der Waals surface area contributed by atoms with Gasteiger partial charge in [0.05, 0.1) is 0 Å². The van der Waals surface area contributed by atoms with Gasteiger partial charge < -0.3 is 4.43 Å². The van der Waals surface area contributed by atoms with E-state index in [1.807, 2.05) is 0 Å². The maximum Gasteiger partial charge on any atom is 0.192 e. The Bertz CT molecular complexity index is 313. The molecule has 0 aromatic carbocycles. The summed E-state index contributed by atoms with van der Waals surface area (Å²) >= 11 is 0. The van der Waals surface area contributed by atoms with E-state index >= 15 is 0 Å². The molecule has 17 heavy (non-hydrogen) atoms. The van der Waals surface area contributed by atoms with Crippen LogP contribution in [0.2, 0.25) is 18.1 Å². The highest BCUT2D eigenvalue weighted by Gasteiger charge is 2.46. The van der Waals surface area contributed by atoms with Crippen molar-refractivity contribution in [2.24, 2.45) is 11.8 Å². The van der Waals surface area contributed by atoms with E-state index in [2.05, 4.69) is 40.4 Å². The maximum atomic E-state index is 6.62. The van der Waals surface area contributed by atoms with Crippen LogP contribution in [0, 0.1) is 11.8 Å². The molecule has 0 aliphatic heterocycles. The van der Waals surface area contributed by atoms with Crippen LogP contribution in [-0.2, 0) is 4.43 Å². The summed E-state index contributed by atoms with van der Waals surface area (Å²) in [6.45, 7) is 16.0. The van der Waals surface area contributed by atoms with Crippen LogP contribution in [0.15, 0.2) is 12.2 Å². The van der Waals surface area contributed by atoms with Gasteiger partial charge in [0.2, 0.25) is 0 Å². The molecule has 0 saturated heterocycles. The minimum atomic E-state index is -1.58. The first-order chi connectivity index (χ1) is 7.72. The average molecular weight is 252 g/mol. The van der Waals surface area contributed by atoms with E-state index in [9.17, 15) is 0 Å². The van der Waals surface area contributed by atoms with Crippen LogP contribution in [-0.4, -0.2) is 14.4 Å². The molecule has 0 amide bonds. The zero-order chi connectivity index (χ0) is 12.8. The lowest BCUT2D eigenvalue weighted by molar-refractivity contribution is 0.135. The monoisotopic (exact) mass is 252 g/mol. The van der Waals surface area contributed by atoms with Crippen LogP contribution in [0.3, 0.4) is 0 Å². The Hall–Kier alpha value is -0.0831. The van der Waals surface area contributed by atoms with Gasteiger partial charge in [-0.2, -0.15) is 0 Å². The topological polar surface area (TPSA) is 9.23 Å². The molecule has 2 heteroatoms. The van der Waals surface area contributed by atoms with E-state index in [-0.39, 0.29) is 0 Å². The van der Waals surface area contributed by atoms with Crippen molar-refractivity contribution >= 4 is 8.32 Å². The molecule has 0 N–H and O–H groups in total. The van der Waals surface area contributed by atoms with E-state index in [1.165, 1.54) is 31.3 Å². The number of rotatable bonds is 2. The fourth-order valence-electron chi connectivity index (χ4n) is 3.16. The van der Waals surface area contributed by atoms with Crippen molar-refractivity contribution < 1.29 is 4.43 Å². The van der Waals surface area contributed by atoms with Crippen LogP contribution < -0.4 is 0 Å². The first-order valence-electron chi connectivity index (χ1n) is 7.08. The molecular weight excluding hydrogens is 224 g/mol. The summed E-state index contributed by atoms with van der Waals surface area (Å²) in [5.74, 6) is 1.57. The minimum Gasteiger partial charge on any atom is -0.414 e. The van der Waals surface area contributed by atoms with E-state index < -0.39 is 8.32 Å². The van der Waals surface area contributed by atoms with E-state index in [1.54, 1.807) is 0 Å². The first-order valence-corrected chi connectivity index (χ1v) is 9.99. The molecule has 1 nitrogen and oxygen atoms in total. The zero-order valence-electron chi connectivity index (χ0n) is 12.2. The number of allylic oxidation sites excluding steroid dienone is 1. The summed E-state index contributed by atoms with van der Waals surface area (Å²) in [5.41, 5.74) is 1.50. The Balaban J connectivity index is 2.04. The van der Waals surface area contributed by atoms with Gasteiger partial charge in [-0.25, -0.2) is 0 Å². The van der Waals surface area contributed by atoms with E-state index in [0.717, 1.165) is 11.8 Å². The average Bonchev–Trinajstić information content (AvgIpc) is 2.70. The maximum absolute atomic E-state index is 6.62. The van der Waals surface area contributed by atoms with Gasteiger partial charge in [0.25, 0.3) is 0 Å². The molecule has 2 aliphatic rings. The lowest BCUT2D eigenvalue weighted by Gasteiger charge is -2.39. The fraction of sp³-hybridized carbons (Fsp3) is 0.867. The Morgan fingerprint density at radius 3 is 2.41 bits per heavy atom. The smallest absolute Gasteiger partial charge is 0.192 e. The normalized spacial score (nSPS) is 34.2. The standard InChI is InChI=1S/C15H28OSi/c1-11-7-8-13-12(11)9-10-14(13)16-17(5,6)15(2,3)4/h12-14H,1,7-10H2,2-6H3/t12-,13+,14+/m0/s1. The molecule has 0 aromatic heterocycles. The second-order valence-electron chi connectivity index (χ2n) is 7.46. The number of hydrogen-bond donors (Lipinski definition) is 0. The fourth-order valence-corrected chi connectivity index (χ4v) is 4.57. The zero-order valence-corrected chi connectivity index (χ0v) is 13.2. The van der Waals surface area contributed by atoms with Gasteiger partial charge in [-0.15, -0.1) is 0 Å². The molecule has 2 aliphatic carbocycles. The quantitative estimate of drug-likeness (QED) is 0.509. The predicted octanol–water partition coefficient (Wildman–Crippen LogP) is 4.75. The van der Waals surface area contributed by atoms with Crippen LogP contribution >= 0.6 is 0 Å². The molecule has 0 heterocycles. The first kappa shape index (κ1) is 13.4. The molecule has 0 aromatic rings.